The van der Waals surface area contributed by atoms with Crippen LogP contribution in [0.15, 0.2) is 48.5 Å². The molecule has 0 aromatic heterocycles. The molecule has 0 spiro atoms. The summed E-state index contributed by atoms with van der Waals surface area (Å²) >= 11 is 6.20. The van der Waals surface area contributed by atoms with E-state index < -0.39 is 5.97 Å². The van der Waals surface area contributed by atoms with Crippen LogP contribution in [0.3, 0.4) is 0 Å². The Kier molecular flexibility index (Phi) is 7.37. The molecule has 0 heterocycles. The first kappa shape index (κ1) is 20.5. The summed E-state index contributed by atoms with van der Waals surface area (Å²) in [4.78, 5) is 37.2. The summed E-state index contributed by atoms with van der Waals surface area (Å²) in [6.45, 7) is 1.87. The second kappa shape index (κ2) is 9.73. The highest BCUT2D eigenvalue weighted by molar-refractivity contribution is 6.34. The smallest absolute Gasteiger partial charge is 0.337 e. The number of carbonyl (C=O) groups excluding carboxylic acids is 3. The van der Waals surface area contributed by atoms with Gasteiger partial charge in [0.05, 0.1) is 29.8 Å². The van der Waals surface area contributed by atoms with Gasteiger partial charge in [-0.05, 0) is 23.8 Å². The first-order valence-corrected chi connectivity index (χ1v) is 8.76. The van der Waals surface area contributed by atoms with Gasteiger partial charge in [0.2, 0.25) is 11.8 Å². The maximum Gasteiger partial charge on any atom is 0.337 e. The average molecular weight is 389 g/mol. The largest absolute Gasteiger partial charge is 0.465 e. The number of rotatable bonds is 7. The van der Waals surface area contributed by atoms with E-state index in [2.05, 4.69) is 5.32 Å². The maximum atomic E-state index is 12.1. The summed E-state index contributed by atoms with van der Waals surface area (Å²) in [6, 6.07) is 13.9. The number of halogens is 1. The molecule has 0 bridgehead atoms. The highest BCUT2D eigenvalue weighted by atomic mass is 35.5. The van der Waals surface area contributed by atoms with Crippen molar-refractivity contribution in [2.24, 2.45) is 0 Å². The van der Waals surface area contributed by atoms with Gasteiger partial charge in [0, 0.05) is 20.0 Å². The molecule has 0 fully saturated rings. The van der Waals surface area contributed by atoms with Gasteiger partial charge in [-0.15, -0.1) is 0 Å². The van der Waals surface area contributed by atoms with Crippen molar-refractivity contribution in [2.45, 2.75) is 13.3 Å². The van der Waals surface area contributed by atoms with Crippen LogP contribution in [0.25, 0.3) is 0 Å². The lowest BCUT2D eigenvalue weighted by molar-refractivity contribution is -0.121. The summed E-state index contributed by atoms with van der Waals surface area (Å²) in [7, 11) is 1.28. The molecule has 0 aliphatic heterocycles. The first-order chi connectivity index (χ1) is 12.9. The minimum atomic E-state index is -0.521. The zero-order valence-corrected chi connectivity index (χ0v) is 16.0. The topological polar surface area (TPSA) is 75.7 Å². The molecule has 6 nitrogen and oxygen atoms in total. The van der Waals surface area contributed by atoms with Crippen molar-refractivity contribution in [3.63, 3.8) is 0 Å². The van der Waals surface area contributed by atoms with Crippen molar-refractivity contribution in [3.05, 3.63) is 64.7 Å². The van der Waals surface area contributed by atoms with Crippen molar-refractivity contribution < 1.29 is 19.1 Å². The standard InChI is InChI=1S/C20H21ClN2O4/c1-14(24)23(18-13-16(20(26)27-2)8-9-17(18)21)11-10-22-19(25)12-15-6-4-3-5-7-15/h3-9,13H,10-12H2,1-2H3,(H,22,25). The van der Waals surface area contributed by atoms with Gasteiger partial charge < -0.3 is 15.0 Å². The molecule has 2 aromatic rings. The molecule has 0 atom stereocenters. The van der Waals surface area contributed by atoms with Crippen LogP contribution in [-0.2, 0) is 20.7 Å². The molecule has 2 amide bonds. The molecule has 1 N–H and O–H groups in total. The number of amides is 2. The van der Waals surface area contributed by atoms with Crippen LogP contribution in [0, 0.1) is 0 Å². The normalized spacial score (nSPS) is 10.2. The minimum Gasteiger partial charge on any atom is -0.465 e. The van der Waals surface area contributed by atoms with E-state index in [1.807, 2.05) is 30.3 Å². The number of methoxy groups -OCH3 is 1. The first-order valence-electron chi connectivity index (χ1n) is 8.39. The number of carbonyl (C=O) groups is 3. The molecule has 0 saturated carbocycles. The van der Waals surface area contributed by atoms with E-state index in [4.69, 9.17) is 16.3 Å². The number of hydrogen-bond donors (Lipinski definition) is 1. The van der Waals surface area contributed by atoms with E-state index in [-0.39, 0.29) is 36.9 Å². The van der Waals surface area contributed by atoms with Crippen LogP contribution < -0.4 is 10.2 Å². The predicted octanol–water partition coefficient (Wildman–Crippen LogP) is 2.84. The Morgan fingerprint density at radius 2 is 1.81 bits per heavy atom. The third-order valence-electron chi connectivity index (χ3n) is 3.90. The summed E-state index contributed by atoms with van der Waals surface area (Å²) in [5, 5.41) is 3.11. The van der Waals surface area contributed by atoms with E-state index >= 15 is 0 Å². The number of benzene rings is 2. The molecule has 0 saturated heterocycles. The van der Waals surface area contributed by atoms with Crippen molar-refractivity contribution in [2.75, 3.05) is 25.1 Å². The van der Waals surface area contributed by atoms with Gasteiger partial charge in [-0.2, -0.15) is 0 Å². The molecule has 142 valence electrons. The predicted molar refractivity (Wildman–Crippen MR) is 104 cm³/mol. The molecule has 0 aliphatic carbocycles. The Bertz CT molecular complexity index is 824. The highest BCUT2D eigenvalue weighted by Crippen LogP contribution is 2.27. The van der Waals surface area contributed by atoms with Crippen molar-refractivity contribution in [1.82, 2.24) is 5.32 Å². The van der Waals surface area contributed by atoms with Crippen molar-refractivity contribution in [3.8, 4) is 0 Å². The molecule has 7 heteroatoms. The van der Waals surface area contributed by atoms with Gasteiger partial charge >= 0.3 is 5.97 Å². The zero-order valence-electron chi connectivity index (χ0n) is 15.2. The maximum absolute atomic E-state index is 12.1. The number of nitrogens with zero attached hydrogens (tertiary/aromatic N) is 1. The monoisotopic (exact) mass is 388 g/mol. The van der Waals surface area contributed by atoms with Crippen LogP contribution in [0.2, 0.25) is 5.02 Å². The Hall–Kier alpha value is -2.86. The van der Waals surface area contributed by atoms with Gasteiger partial charge in [-0.25, -0.2) is 4.79 Å². The van der Waals surface area contributed by atoms with Gasteiger partial charge in [0.25, 0.3) is 0 Å². The molecule has 0 aliphatic rings. The van der Waals surface area contributed by atoms with E-state index in [9.17, 15) is 14.4 Å². The van der Waals surface area contributed by atoms with Crippen LogP contribution in [0.1, 0.15) is 22.8 Å². The highest BCUT2D eigenvalue weighted by Gasteiger charge is 2.18. The molecule has 2 aromatic carbocycles. The van der Waals surface area contributed by atoms with Crippen molar-refractivity contribution >= 4 is 35.1 Å². The number of nitrogens with one attached hydrogen (secondary N) is 1. The Morgan fingerprint density at radius 3 is 2.44 bits per heavy atom. The summed E-state index contributed by atoms with van der Waals surface area (Å²) in [5.74, 6) is -0.914. The van der Waals surface area contributed by atoms with Crippen LogP contribution in [0.4, 0.5) is 5.69 Å². The minimum absolute atomic E-state index is 0.140. The van der Waals surface area contributed by atoms with Gasteiger partial charge in [0.1, 0.15) is 0 Å². The van der Waals surface area contributed by atoms with Crippen LogP contribution >= 0.6 is 11.6 Å². The van der Waals surface area contributed by atoms with Crippen LogP contribution in [0.5, 0.6) is 0 Å². The lowest BCUT2D eigenvalue weighted by Gasteiger charge is -2.23. The second-order valence-electron chi connectivity index (χ2n) is 5.84. The van der Waals surface area contributed by atoms with Crippen LogP contribution in [-0.4, -0.2) is 38.0 Å². The fraction of sp³-hybridized carbons (Fsp3) is 0.250. The summed E-state index contributed by atoms with van der Waals surface area (Å²) < 4.78 is 4.70. The Morgan fingerprint density at radius 1 is 1.11 bits per heavy atom. The Balaban J connectivity index is 2.02. The second-order valence-corrected chi connectivity index (χ2v) is 6.25. The van der Waals surface area contributed by atoms with E-state index in [0.29, 0.717) is 10.7 Å². The Labute approximate surface area is 163 Å². The third kappa shape index (κ3) is 5.82. The van der Waals surface area contributed by atoms with E-state index in [1.54, 1.807) is 0 Å². The van der Waals surface area contributed by atoms with Crippen molar-refractivity contribution in [1.29, 1.82) is 0 Å². The summed E-state index contributed by atoms with van der Waals surface area (Å²) in [6.07, 6.45) is 0.263. The van der Waals surface area contributed by atoms with E-state index in [0.717, 1.165) is 5.56 Å². The molecular weight excluding hydrogens is 368 g/mol. The molecule has 27 heavy (non-hydrogen) atoms. The average Bonchev–Trinajstić information content (AvgIpc) is 2.66. The quantitative estimate of drug-likeness (QED) is 0.740. The fourth-order valence-corrected chi connectivity index (χ4v) is 2.78. The van der Waals surface area contributed by atoms with Gasteiger partial charge in [-0.3, -0.25) is 9.59 Å². The molecule has 0 unspecified atom stereocenters. The lowest BCUT2D eigenvalue weighted by Crippen LogP contribution is -2.38. The molecular formula is C20H21ClN2O4. The summed E-state index contributed by atoms with van der Waals surface area (Å²) in [5.41, 5.74) is 1.59. The van der Waals surface area contributed by atoms with Gasteiger partial charge in [0.15, 0.2) is 0 Å². The number of hydrogen-bond acceptors (Lipinski definition) is 4. The molecule has 0 radical (unpaired) electrons. The fourth-order valence-electron chi connectivity index (χ4n) is 2.56. The lowest BCUT2D eigenvalue weighted by atomic mass is 10.1. The number of esters is 1. The molecule has 2 rings (SSSR count). The zero-order chi connectivity index (χ0) is 19.8. The van der Waals surface area contributed by atoms with E-state index in [1.165, 1.54) is 37.1 Å². The number of anilines is 1. The van der Waals surface area contributed by atoms with Gasteiger partial charge in [-0.1, -0.05) is 41.9 Å². The SMILES string of the molecule is COC(=O)c1ccc(Cl)c(N(CCNC(=O)Cc2ccccc2)C(C)=O)c1. The number of ether oxygens (including phenoxy) is 1. The third-order valence-corrected chi connectivity index (χ3v) is 4.22.